The number of carbonyl (C=O) groups is 2. The Balaban J connectivity index is 1.57. The summed E-state index contributed by atoms with van der Waals surface area (Å²) in [4.78, 5) is 29.7. The van der Waals surface area contributed by atoms with E-state index in [0.717, 1.165) is 12.8 Å². The summed E-state index contributed by atoms with van der Waals surface area (Å²) in [5.41, 5.74) is 2.43. The zero-order chi connectivity index (χ0) is 28.8. The van der Waals surface area contributed by atoms with Gasteiger partial charge in [-0.3, -0.25) is 14.5 Å². The summed E-state index contributed by atoms with van der Waals surface area (Å²) in [7, 11) is 4.63. The van der Waals surface area contributed by atoms with Crippen molar-refractivity contribution >= 4 is 28.5 Å². The molecular weight excluding hydrogens is 526 g/mol. The SMILES string of the molecule is COc1ccc(N(C(=O)Cn2nnc3ccccc32)[C@H](C(=O)NC[C@H]2CCCO2)c2ccc(OC)c(OC)c2)cc1. The van der Waals surface area contributed by atoms with Crippen LogP contribution in [0.4, 0.5) is 5.69 Å². The summed E-state index contributed by atoms with van der Waals surface area (Å²) in [6.45, 7) is 0.859. The number of rotatable bonds is 11. The van der Waals surface area contributed by atoms with Crippen LogP contribution in [0.1, 0.15) is 24.4 Å². The summed E-state index contributed by atoms with van der Waals surface area (Å²) in [6, 6.07) is 18.5. The first kappa shape index (κ1) is 27.9. The lowest BCUT2D eigenvalue weighted by Crippen LogP contribution is -2.46. The maximum atomic E-state index is 14.2. The second kappa shape index (κ2) is 12.7. The van der Waals surface area contributed by atoms with Gasteiger partial charge >= 0.3 is 0 Å². The van der Waals surface area contributed by atoms with Gasteiger partial charge in [0.25, 0.3) is 0 Å². The van der Waals surface area contributed by atoms with Gasteiger partial charge in [0.2, 0.25) is 11.8 Å². The largest absolute Gasteiger partial charge is 0.497 e. The van der Waals surface area contributed by atoms with Crippen molar-refractivity contribution in [2.75, 3.05) is 39.4 Å². The van der Waals surface area contributed by atoms with Crippen molar-refractivity contribution in [3.8, 4) is 17.2 Å². The average Bonchev–Trinajstić information content (AvgIpc) is 3.69. The standard InChI is InChI=1S/C30H33N5O6/c1-38-22-13-11-21(12-14-22)35(28(36)19-34-25-9-5-4-8-24(25)32-33-34)29(30(37)31-18-23-7-6-16-41-23)20-10-15-26(39-2)27(17-20)40-3/h4-5,8-15,17,23,29H,6-7,16,18-19H2,1-3H3,(H,31,37)/t23-,29+/m1/s1. The van der Waals surface area contributed by atoms with Crippen LogP contribution >= 0.6 is 0 Å². The Morgan fingerprint density at radius 2 is 1.80 bits per heavy atom. The Labute approximate surface area is 237 Å². The highest BCUT2D eigenvalue weighted by Gasteiger charge is 2.34. The number of fused-ring (bicyclic) bond motifs is 1. The van der Waals surface area contributed by atoms with Crippen molar-refractivity contribution in [3.05, 3.63) is 72.3 Å². The van der Waals surface area contributed by atoms with Crippen LogP contribution in [0, 0.1) is 0 Å². The van der Waals surface area contributed by atoms with Gasteiger partial charge in [-0.15, -0.1) is 5.10 Å². The van der Waals surface area contributed by atoms with Crippen molar-refractivity contribution in [2.45, 2.75) is 31.5 Å². The molecule has 0 saturated carbocycles. The number of anilines is 1. The molecule has 0 bridgehead atoms. The minimum Gasteiger partial charge on any atom is -0.497 e. The van der Waals surface area contributed by atoms with Gasteiger partial charge in [-0.2, -0.15) is 0 Å². The predicted octanol–water partition coefficient (Wildman–Crippen LogP) is 3.53. The summed E-state index contributed by atoms with van der Waals surface area (Å²) < 4.78 is 23.5. The third-order valence-electron chi connectivity index (χ3n) is 7.08. The Kier molecular flexibility index (Phi) is 8.64. The second-order valence-corrected chi connectivity index (χ2v) is 9.59. The zero-order valence-electron chi connectivity index (χ0n) is 23.3. The molecule has 2 heterocycles. The molecule has 0 radical (unpaired) electrons. The van der Waals surface area contributed by atoms with Gasteiger partial charge in [0.05, 0.1) is 33.0 Å². The molecule has 1 fully saturated rings. The molecule has 11 nitrogen and oxygen atoms in total. The molecule has 1 aliphatic rings. The number of ether oxygens (including phenoxy) is 4. The highest BCUT2D eigenvalue weighted by molar-refractivity contribution is 6.01. The first-order valence-corrected chi connectivity index (χ1v) is 13.4. The smallest absolute Gasteiger partial charge is 0.249 e. The second-order valence-electron chi connectivity index (χ2n) is 9.59. The number of hydrogen-bond donors (Lipinski definition) is 1. The molecule has 214 valence electrons. The van der Waals surface area contributed by atoms with Gasteiger partial charge in [-0.25, -0.2) is 4.68 Å². The Morgan fingerprint density at radius 1 is 1.02 bits per heavy atom. The molecule has 0 spiro atoms. The van der Waals surface area contributed by atoms with E-state index in [4.69, 9.17) is 18.9 Å². The van der Waals surface area contributed by atoms with E-state index in [1.807, 2.05) is 24.3 Å². The fraction of sp³-hybridized carbons (Fsp3) is 0.333. The minimum atomic E-state index is -1.05. The van der Waals surface area contributed by atoms with Gasteiger partial charge < -0.3 is 24.3 Å². The number of nitrogens with zero attached hydrogens (tertiary/aromatic N) is 4. The average molecular weight is 560 g/mol. The summed E-state index contributed by atoms with van der Waals surface area (Å²) in [5, 5.41) is 11.4. The molecule has 1 N–H and O–H groups in total. The highest BCUT2D eigenvalue weighted by atomic mass is 16.5. The number of benzene rings is 3. The first-order valence-electron chi connectivity index (χ1n) is 13.4. The fourth-order valence-electron chi connectivity index (χ4n) is 4.98. The van der Waals surface area contributed by atoms with Crippen LogP contribution in [0.5, 0.6) is 17.2 Å². The Morgan fingerprint density at radius 3 is 2.51 bits per heavy atom. The Hall–Kier alpha value is -4.64. The van der Waals surface area contributed by atoms with Crippen molar-refractivity contribution in [1.29, 1.82) is 0 Å². The molecule has 1 aliphatic heterocycles. The lowest BCUT2D eigenvalue weighted by molar-refractivity contribution is -0.127. The van der Waals surface area contributed by atoms with Crippen LogP contribution < -0.4 is 24.4 Å². The molecule has 1 saturated heterocycles. The quantitative estimate of drug-likeness (QED) is 0.297. The summed E-state index contributed by atoms with van der Waals surface area (Å²) in [5.74, 6) is 0.838. The van der Waals surface area contributed by atoms with Gasteiger partial charge in [0.1, 0.15) is 23.9 Å². The number of para-hydroxylation sites is 1. The maximum Gasteiger partial charge on any atom is 0.249 e. The zero-order valence-corrected chi connectivity index (χ0v) is 23.3. The number of aromatic nitrogens is 3. The van der Waals surface area contributed by atoms with Gasteiger partial charge in [-0.1, -0.05) is 23.4 Å². The van der Waals surface area contributed by atoms with E-state index in [-0.39, 0.29) is 24.5 Å². The molecule has 0 unspecified atom stereocenters. The Bertz CT molecular complexity index is 1500. The fourth-order valence-corrected chi connectivity index (χ4v) is 4.98. The lowest BCUT2D eigenvalue weighted by atomic mass is 10.0. The van der Waals surface area contributed by atoms with Crippen LogP contribution in [-0.4, -0.2) is 67.4 Å². The summed E-state index contributed by atoms with van der Waals surface area (Å²) >= 11 is 0. The molecule has 41 heavy (non-hydrogen) atoms. The van der Waals surface area contributed by atoms with E-state index in [2.05, 4.69) is 15.6 Å². The molecule has 2 atom stereocenters. The summed E-state index contributed by atoms with van der Waals surface area (Å²) in [6.07, 6.45) is 1.74. The molecule has 4 aromatic rings. The normalized spacial score (nSPS) is 15.3. The van der Waals surface area contributed by atoms with E-state index in [0.29, 0.717) is 52.7 Å². The van der Waals surface area contributed by atoms with Crippen LogP contribution in [0.25, 0.3) is 11.0 Å². The number of amides is 2. The van der Waals surface area contributed by atoms with E-state index >= 15 is 0 Å². The first-order chi connectivity index (χ1) is 20.0. The monoisotopic (exact) mass is 559 g/mol. The molecule has 0 aliphatic carbocycles. The molecule has 3 aromatic carbocycles. The molecule has 5 rings (SSSR count). The maximum absolute atomic E-state index is 14.2. The van der Waals surface area contributed by atoms with Crippen molar-refractivity contribution in [3.63, 3.8) is 0 Å². The van der Waals surface area contributed by atoms with Crippen LogP contribution in [0.15, 0.2) is 66.7 Å². The van der Waals surface area contributed by atoms with Crippen molar-refractivity contribution in [2.24, 2.45) is 0 Å². The van der Waals surface area contributed by atoms with Crippen molar-refractivity contribution < 1.29 is 28.5 Å². The number of hydrogen-bond acceptors (Lipinski definition) is 8. The van der Waals surface area contributed by atoms with Crippen molar-refractivity contribution in [1.82, 2.24) is 20.3 Å². The van der Waals surface area contributed by atoms with E-state index < -0.39 is 6.04 Å². The molecule has 1 aromatic heterocycles. The molecular formula is C30H33N5O6. The van der Waals surface area contributed by atoms with Gasteiger partial charge in [-0.05, 0) is 66.9 Å². The van der Waals surface area contributed by atoms with Crippen LogP contribution in [-0.2, 0) is 20.9 Å². The van der Waals surface area contributed by atoms with E-state index in [1.54, 1.807) is 56.7 Å². The topological polar surface area (TPSA) is 117 Å². The van der Waals surface area contributed by atoms with Crippen LogP contribution in [0.2, 0.25) is 0 Å². The number of methoxy groups -OCH3 is 3. The third-order valence-corrected chi connectivity index (χ3v) is 7.08. The van der Waals surface area contributed by atoms with Gasteiger partial charge in [0, 0.05) is 18.8 Å². The third kappa shape index (κ3) is 6.09. The van der Waals surface area contributed by atoms with E-state index in [9.17, 15) is 9.59 Å². The van der Waals surface area contributed by atoms with E-state index in [1.165, 1.54) is 16.7 Å². The number of nitrogens with one attached hydrogen (secondary N) is 1. The number of carbonyl (C=O) groups excluding carboxylic acids is 2. The van der Waals surface area contributed by atoms with Gasteiger partial charge in [0.15, 0.2) is 11.5 Å². The lowest BCUT2D eigenvalue weighted by Gasteiger charge is -2.32. The van der Waals surface area contributed by atoms with Crippen LogP contribution in [0.3, 0.4) is 0 Å². The molecule has 11 heteroatoms. The highest BCUT2D eigenvalue weighted by Crippen LogP contribution is 2.35. The minimum absolute atomic E-state index is 0.0725. The predicted molar refractivity (Wildman–Crippen MR) is 152 cm³/mol. The molecule has 2 amide bonds.